The molecule has 28 heavy (non-hydrogen) atoms. The summed E-state index contributed by atoms with van der Waals surface area (Å²) in [7, 11) is 0. The summed E-state index contributed by atoms with van der Waals surface area (Å²) < 4.78 is 9.97. The van der Waals surface area contributed by atoms with Gasteiger partial charge in [0.1, 0.15) is 30.8 Å². The summed E-state index contributed by atoms with van der Waals surface area (Å²) in [4.78, 5) is 0. The van der Waals surface area contributed by atoms with E-state index in [0.29, 0.717) is 11.5 Å². The summed E-state index contributed by atoms with van der Waals surface area (Å²) in [6, 6.07) is 15.5. The van der Waals surface area contributed by atoms with Crippen LogP contribution in [0.3, 0.4) is 0 Å². The zero-order valence-electron chi connectivity index (χ0n) is 15.9. The highest BCUT2D eigenvalue weighted by Crippen LogP contribution is 2.33. The molecule has 0 spiro atoms. The van der Waals surface area contributed by atoms with Gasteiger partial charge in [0.2, 0.25) is 0 Å². The van der Waals surface area contributed by atoms with E-state index in [4.69, 9.17) is 26.2 Å². The minimum atomic E-state index is -1.09. The van der Waals surface area contributed by atoms with Crippen molar-refractivity contribution < 1.29 is 24.8 Å². The molecule has 154 valence electrons. The van der Waals surface area contributed by atoms with E-state index in [9.17, 15) is 10.2 Å². The number of hydrogen-bond acceptors (Lipinski definition) is 5. The van der Waals surface area contributed by atoms with E-state index in [2.05, 4.69) is 13.8 Å². The maximum Gasteiger partial charge on any atom is 0.162 e. The van der Waals surface area contributed by atoms with E-state index < -0.39 is 9.71 Å². The number of alkyl halides is 2. The Morgan fingerprint density at radius 3 is 1.86 bits per heavy atom. The molecule has 0 radical (unpaired) electrons. The van der Waals surface area contributed by atoms with Gasteiger partial charge in [-0.15, -0.1) is 11.6 Å². The van der Waals surface area contributed by atoms with Crippen molar-refractivity contribution >= 4 is 34.2 Å². The average Bonchev–Trinajstić information content (AvgIpc) is 2.71. The van der Waals surface area contributed by atoms with E-state index in [1.54, 1.807) is 0 Å². The van der Waals surface area contributed by atoms with Crippen LogP contribution in [0.2, 0.25) is 0 Å². The van der Waals surface area contributed by atoms with Crippen LogP contribution in [0.25, 0.3) is 0 Å². The van der Waals surface area contributed by atoms with E-state index in [-0.39, 0.29) is 31.1 Å². The third-order valence-electron chi connectivity index (χ3n) is 4.47. The molecule has 2 atom stereocenters. The van der Waals surface area contributed by atoms with Gasteiger partial charge in [-0.2, -0.15) is 0 Å². The third-order valence-corrected chi connectivity index (χ3v) is 6.06. The summed E-state index contributed by atoms with van der Waals surface area (Å²) >= 11 is 7.57. The Labute approximate surface area is 184 Å². The molecule has 2 aromatic rings. The first-order valence-corrected chi connectivity index (χ1v) is 10.5. The van der Waals surface area contributed by atoms with Gasteiger partial charge in [-0.25, -0.2) is 0 Å². The normalized spacial score (nSPS) is 15.0. The predicted octanol–water partition coefficient (Wildman–Crippen LogP) is 3.49. The van der Waals surface area contributed by atoms with Gasteiger partial charge in [-0.05, 0) is 58.0 Å². The Balaban J connectivity index is 2.05. The van der Waals surface area contributed by atoms with Gasteiger partial charge in [0, 0.05) is 5.41 Å². The molecule has 2 rings (SSSR count). The Morgan fingerprint density at radius 1 is 0.964 bits per heavy atom. The minimum Gasteiger partial charge on any atom is -0.491 e. The zero-order valence-corrected chi connectivity index (χ0v) is 18.9. The number of halogens is 2. The molecule has 5 nitrogen and oxygen atoms in total. The first-order valence-electron chi connectivity index (χ1n) is 8.91. The van der Waals surface area contributed by atoms with Crippen LogP contribution in [0.15, 0.2) is 48.5 Å². The fourth-order valence-electron chi connectivity index (χ4n) is 2.58. The van der Waals surface area contributed by atoms with Crippen LogP contribution in [-0.2, 0) is 5.41 Å². The quantitative estimate of drug-likeness (QED) is 0.330. The van der Waals surface area contributed by atoms with E-state index in [1.807, 2.05) is 71.1 Å². The molecule has 0 aliphatic carbocycles. The van der Waals surface area contributed by atoms with Gasteiger partial charge >= 0.3 is 0 Å². The molecule has 0 aromatic heterocycles. The van der Waals surface area contributed by atoms with Crippen molar-refractivity contribution in [3.05, 3.63) is 59.7 Å². The third kappa shape index (κ3) is 6.49. The van der Waals surface area contributed by atoms with Crippen LogP contribution in [-0.4, -0.2) is 50.7 Å². The van der Waals surface area contributed by atoms with E-state index in [1.165, 1.54) is 0 Å². The highest BCUT2D eigenvalue weighted by atomic mass is 127. The molecule has 0 aliphatic rings. The number of aliphatic hydroxyl groups is 3. The molecule has 0 aliphatic heterocycles. The lowest BCUT2D eigenvalue weighted by Gasteiger charge is -2.27. The fourth-order valence-corrected chi connectivity index (χ4v) is 2.81. The van der Waals surface area contributed by atoms with Crippen LogP contribution in [0.5, 0.6) is 11.5 Å². The summed E-state index contributed by atoms with van der Waals surface area (Å²) in [6.45, 7) is 4.10. The monoisotopic (exact) mass is 520 g/mol. The van der Waals surface area contributed by atoms with E-state index >= 15 is 0 Å². The molecule has 0 fully saturated rings. The van der Waals surface area contributed by atoms with Crippen molar-refractivity contribution in [1.29, 1.82) is 0 Å². The zero-order chi connectivity index (χ0) is 20.8. The summed E-state index contributed by atoms with van der Waals surface area (Å²) in [5.41, 5.74) is 1.99. The second kappa shape index (κ2) is 10.1. The van der Waals surface area contributed by atoms with Crippen LogP contribution in [0, 0.1) is 0 Å². The first kappa shape index (κ1) is 23.2. The molecule has 0 bridgehead atoms. The van der Waals surface area contributed by atoms with Crippen molar-refractivity contribution in [3.63, 3.8) is 0 Å². The molecular weight excluding hydrogens is 495 g/mol. The standard InChI is InChI=1S/C21H26ClIO5/c1-20(2,15-3-7-18(8-4-15)27-12-17(25)11-24)16-5-9-19(10-6-16)28-14-21(23,26)13-22/h3-10,17,24-26H,11-14H2,1-2H3/t17-,21-/m1/s1. The van der Waals surface area contributed by atoms with Gasteiger partial charge in [0.05, 0.1) is 12.5 Å². The maximum absolute atomic E-state index is 9.92. The van der Waals surface area contributed by atoms with Gasteiger partial charge in [0.15, 0.2) is 3.61 Å². The topological polar surface area (TPSA) is 79.2 Å². The lowest BCUT2D eigenvalue weighted by Crippen LogP contribution is -2.30. The molecular formula is C21H26ClIO5. The van der Waals surface area contributed by atoms with Crippen molar-refractivity contribution in [1.82, 2.24) is 0 Å². The summed E-state index contributed by atoms with van der Waals surface area (Å²) in [6.07, 6.45) is -0.885. The van der Waals surface area contributed by atoms with Gasteiger partial charge in [-0.3, -0.25) is 0 Å². The van der Waals surface area contributed by atoms with Crippen LogP contribution >= 0.6 is 34.2 Å². The molecule has 2 aromatic carbocycles. The number of benzene rings is 2. The Kier molecular flexibility index (Phi) is 8.39. The molecule has 0 unspecified atom stereocenters. The van der Waals surface area contributed by atoms with Gasteiger partial charge < -0.3 is 24.8 Å². The van der Waals surface area contributed by atoms with Crippen LogP contribution in [0.1, 0.15) is 25.0 Å². The summed E-state index contributed by atoms with van der Waals surface area (Å²) in [5, 5.41) is 28.1. The molecule has 7 heteroatoms. The Hall–Kier alpha value is -1.06. The maximum atomic E-state index is 9.92. The average molecular weight is 521 g/mol. The molecule has 0 amide bonds. The molecule has 3 N–H and O–H groups in total. The largest absolute Gasteiger partial charge is 0.491 e. The van der Waals surface area contributed by atoms with Crippen LogP contribution in [0.4, 0.5) is 0 Å². The Bertz CT molecular complexity index is 731. The van der Waals surface area contributed by atoms with Gasteiger partial charge in [-0.1, -0.05) is 38.1 Å². The number of hydrogen-bond donors (Lipinski definition) is 3. The number of aliphatic hydroxyl groups excluding tert-OH is 2. The van der Waals surface area contributed by atoms with Crippen molar-refractivity contribution in [2.75, 3.05) is 25.7 Å². The van der Waals surface area contributed by atoms with Gasteiger partial charge in [0.25, 0.3) is 0 Å². The highest BCUT2D eigenvalue weighted by Gasteiger charge is 2.24. The SMILES string of the molecule is CC(C)(c1ccc(OC[C@H](O)CO)cc1)c1ccc(OC[C@@](O)(I)CCl)cc1. The molecule has 0 saturated carbocycles. The number of rotatable bonds is 10. The number of ether oxygens (including phenoxy) is 2. The van der Waals surface area contributed by atoms with Crippen molar-refractivity contribution in [3.8, 4) is 11.5 Å². The predicted molar refractivity (Wildman–Crippen MR) is 119 cm³/mol. The first-order chi connectivity index (χ1) is 13.2. The lowest BCUT2D eigenvalue weighted by atomic mass is 9.78. The second-order valence-electron chi connectivity index (χ2n) is 7.16. The minimum absolute atomic E-state index is 0.0523. The van der Waals surface area contributed by atoms with Crippen molar-refractivity contribution in [2.45, 2.75) is 29.0 Å². The Morgan fingerprint density at radius 2 is 1.43 bits per heavy atom. The summed E-state index contributed by atoms with van der Waals surface area (Å²) in [5.74, 6) is 1.41. The smallest absolute Gasteiger partial charge is 0.162 e. The van der Waals surface area contributed by atoms with Crippen LogP contribution < -0.4 is 9.47 Å². The van der Waals surface area contributed by atoms with E-state index in [0.717, 1.165) is 11.1 Å². The molecule has 0 heterocycles. The second-order valence-corrected chi connectivity index (χ2v) is 9.44. The highest BCUT2D eigenvalue weighted by molar-refractivity contribution is 14.1. The van der Waals surface area contributed by atoms with Crippen molar-refractivity contribution in [2.24, 2.45) is 0 Å². The lowest BCUT2D eigenvalue weighted by molar-refractivity contribution is 0.0536. The molecule has 0 saturated heterocycles. The fraction of sp³-hybridized carbons (Fsp3) is 0.429.